The minimum atomic E-state index is 0.123. The monoisotopic (exact) mass is 358 g/mol. The average Bonchev–Trinajstić information content (AvgIpc) is 2.36. The van der Waals surface area contributed by atoms with Crippen LogP contribution >= 0.6 is 15.9 Å². The number of ether oxygens (including phenoxy) is 2. The summed E-state index contributed by atoms with van der Waals surface area (Å²) < 4.78 is 12.5. The molecule has 1 atom stereocenters. The van der Waals surface area contributed by atoms with Crippen LogP contribution < -0.4 is 15.2 Å². The lowest BCUT2D eigenvalue weighted by Gasteiger charge is -2.17. The van der Waals surface area contributed by atoms with Crippen LogP contribution in [0.3, 0.4) is 0 Å². The maximum atomic E-state index is 5.90. The molecule has 0 heterocycles. The van der Waals surface area contributed by atoms with Gasteiger partial charge in [-0.05, 0) is 74.4 Å². The summed E-state index contributed by atoms with van der Waals surface area (Å²) in [6.07, 6.45) is 1.80. The Kier molecular flexibility index (Phi) is 8.07. The minimum absolute atomic E-state index is 0.123. The molecule has 0 amide bonds. The molecule has 0 radical (unpaired) electrons. The van der Waals surface area contributed by atoms with Gasteiger partial charge >= 0.3 is 0 Å². The minimum Gasteiger partial charge on any atom is -0.490 e. The first kappa shape index (κ1) is 18.3. The van der Waals surface area contributed by atoms with Gasteiger partial charge in [0.25, 0.3) is 0 Å². The zero-order valence-corrected chi connectivity index (χ0v) is 15.1. The number of halogens is 1. The molecule has 0 aromatic heterocycles. The van der Waals surface area contributed by atoms with Crippen molar-refractivity contribution in [2.75, 3.05) is 33.9 Å². The highest BCUT2D eigenvalue weighted by molar-refractivity contribution is 9.10. The summed E-state index contributed by atoms with van der Waals surface area (Å²) in [7, 11) is 4.12. The van der Waals surface area contributed by atoms with Crippen LogP contribution in [-0.2, 0) is 6.42 Å². The number of nitrogens with two attached hydrogens (primary N) is 1. The topological polar surface area (TPSA) is 47.7 Å². The molecule has 120 valence electrons. The molecule has 0 aliphatic heterocycles. The Bertz CT molecular complexity index is 437. The van der Waals surface area contributed by atoms with Gasteiger partial charge in [-0.25, -0.2) is 0 Å². The molecular formula is C16H27BrN2O2. The third-order valence-corrected chi connectivity index (χ3v) is 3.51. The van der Waals surface area contributed by atoms with E-state index in [1.807, 2.05) is 19.9 Å². The second-order valence-electron chi connectivity index (χ2n) is 5.52. The highest BCUT2D eigenvalue weighted by atomic mass is 79.9. The van der Waals surface area contributed by atoms with Gasteiger partial charge in [-0.15, -0.1) is 0 Å². The number of hydrogen-bond donors (Lipinski definition) is 1. The van der Waals surface area contributed by atoms with Crippen molar-refractivity contribution in [3.05, 3.63) is 22.2 Å². The highest BCUT2D eigenvalue weighted by Crippen LogP contribution is 2.37. The second-order valence-corrected chi connectivity index (χ2v) is 6.38. The molecule has 0 fully saturated rings. The predicted molar refractivity (Wildman–Crippen MR) is 91.3 cm³/mol. The summed E-state index contributed by atoms with van der Waals surface area (Å²) in [6, 6.07) is 4.21. The SMILES string of the molecule is CCOc1cc(CC(C)N)cc(Br)c1OCCCN(C)C. The second kappa shape index (κ2) is 9.28. The maximum Gasteiger partial charge on any atom is 0.175 e. The number of hydrogen-bond acceptors (Lipinski definition) is 4. The van der Waals surface area contributed by atoms with E-state index in [0.29, 0.717) is 13.2 Å². The fraction of sp³-hybridized carbons (Fsp3) is 0.625. The molecule has 1 aromatic carbocycles. The first-order valence-electron chi connectivity index (χ1n) is 7.42. The van der Waals surface area contributed by atoms with Gasteiger partial charge in [0, 0.05) is 12.6 Å². The average molecular weight is 359 g/mol. The van der Waals surface area contributed by atoms with E-state index in [1.54, 1.807) is 0 Å². The maximum absolute atomic E-state index is 5.90. The first-order valence-corrected chi connectivity index (χ1v) is 8.21. The van der Waals surface area contributed by atoms with Gasteiger partial charge in [0.05, 0.1) is 17.7 Å². The first-order chi connectivity index (χ1) is 9.93. The molecule has 1 unspecified atom stereocenters. The van der Waals surface area contributed by atoms with E-state index in [0.717, 1.165) is 40.9 Å². The molecule has 0 aliphatic carbocycles. The summed E-state index contributed by atoms with van der Waals surface area (Å²) in [6.45, 7) is 6.26. The van der Waals surface area contributed by atoms with E-state index >= 15 is 0 Å². The van der Waals surface area contributed by atoms with Crippen molar-refractivity contribution in [1.82, 2.24) is 4.90 Å². The Balaban J connectivity index is 2.80. The van der Waals surface area contributed by atoms with Crippen molar-refractivity contribution < 1.29 is 9.47 Å². The lowest BCUT2D eigenvalue weighted by atomic mass is 10.1. The van der Waals surface area contributed by atoms with E-state index in [2.05, 4.69) is 41.0 Å². The fourth-order valence-corrected chi connectivity index (χ4v) is 2.67. The standard InChI is InChI=1S/C16H27BrN2O2/c1-5-20-15-11-13(9-12(2)18)10-14(17)16(15)21-8-6-7-19(3)4/h10-12H,5-9,18H2,1-4H3. The summed E-state index contributed by atoms with van der Waals surface area (Å²) in [5, 5.41) is 0. The van der Waals surface area contributed by atoms with Crippen molar-refractivity contribution in [2.45, 2.75) is 32.7 Å². The van der Waals surface area contributed by atoms with Crippen LogP contribution in [0.2, 0.25) is 0 Å². The molecule has 2 N–H and O–H groups in total. The molecule has 21 heavy (non-hydrogen) atoms. The van der Waals surface area contributed by atoms with Gasteiger partial charge < -0.3 is 20.1 Å². The lowest BCUT2D eigenvalue weighted by Crippen LogP contribution is -2.18. The molecule has 1 aromatic rings. The van der Waals surface area contributed by atoms with Crippen molar-refractivity contribution in [1.29, 1.82) is 0 Å². The third kappa shape index (κ3) is 6.68. The molecule has 0 spiro atoms. The van der Waals surface area contributed by atoms with E-state index in [9.17, 15) is 0 Å². The molecule has 0 saturated heterocycles. The van der Waals surface area contributed by atoms with Crippen LogP contribution in [-0.4, -0.2) is 44.8 Å². The smallest absolute Gasteiger partial charge is 0.175 e. The summed E-state index contributed by atoms with van der Waals surface area (Å²) in [5.41, 5.74) is 7.02. The van der Waals surface area contributed by atoms with E-state index in [4.69, 9.17) is 15.2 Å². The van der Waals surface area contributed by atoms with Crippen LogP contribution in [0.4, 0.5) is 0 Å². The Morgan fingerprint density at radius 3 is 2.57 bits per heavy atom. The summed E-state index contributed by atoms with van der Waals surface area (Å²) in [5.74, 6) is 1.57. The fourth-order valence-electron chi connectivity index (χ4n) is 2.07. The van der Waals surface area contributed by atoms with Gasteiger partial charge in [-0.2, -0.15) is 0 Å². The Morgan fingerprint density at radius 1 is 1.29 bits per heavy atom. The van der Waals surface area contributed by atoms with Gasteiger partial charge in [-0.3, -0.25) is 0 Å². The third-order valence-electron chi connectivity index (χ3n) is 2.92. The Hall–Kier alpha value is -0.780. The van der Waals surface area contributed by atoms with Crippen LogP contribution in [0.25, 0.3) is 0 Å². The molecule has 0 bridgehead atoms. The normalized spacial score (nSPS) is 12.5. The highest BCUT2D eigenvalue weighted by Gasteiger charge is 2.13. The van der Waals surface area contributed by atoms with E-state index in [1.165, 1.54) is 0 Å². The van der Waals surface area contributed by atoms with Crippen molar-refractivity contribution in [2.24, 2.45) is 5.73 Å². The van der Waals surface area contributed by atoms with Gasteiger partial charge in [0.2, 0.25) is 0 Å². The van der Waals surface area contributed by atoms with Gasteiger partial charge in [0.15, 0.2) is 11.5 Å². The molecule has 1 rings (SSSR count). The van der Waals surface area contributed by atoms with E-state index in [-0.39, 0.29) is 6.04 Å². The van der Waals surface area contributed by atoms with Crippen LogP contribution in [0, 0.1) is 0 Å². The molecule has 0 aliphatic rings. The van der Waals surface area contributed by atoms with Crippen molar-refractivity contribution in [3.8, 4) is 11.5 Å². The quantitative estimate of drug-likeness (QED) is 0.689. The molecule has 5 heteroatoms. The van der Waals surface area contributed by atoms with Crippen molar-refractivity contribution in [3.63, 3.8) is 0 Å². The zero-order chi connectivity index (χ0) is 15.8. The number of benzene rings is 1. The van der Waals surface area contributed by atoms with Crippen LogP contribution in [0.1, 0.15) is 25.8 Å². The number of nitrogens with zero attached hydrogens (tertiary/aromatic N) is 1. The largest absolute Gasteiger partial charge is 0.490 e. The van der Waals surface area contributed by atoms with Gasteiger partial charge in [-0.1, -0.05) is 0 Å². The summed E-state index contributed by atoms with van der Waals surface area (Å²) in [4.78, 5) is 2.15. The summed E-state index contributed by atoms with van der Waals surface area (Å²) >= 11 is 3.58. The Morgan fingerprint density at radius 2 is 2.00 bits per heavy atom. The van der Waals surface area contributed by atoms with E-state index < -0.39 is 0 Å². The zero-order valence-electron chi connectivity index (χ0n) is 13.5. The predicted octanol–water partition coefficient (Wildman–Crippen LogP) is 3.07. The van der Waals surface area contributed by atoms with Crippen molar-refractivity contribution >= 4 is 15.9 Å². The molecule has 4 nitrogen and oxygen atoms in total. The molecule has 0 saturated carbocycles. The lowest BCUT2D eigenvalue weighted by molar-refractivity contribution is 0.257. The van der Waals surface area contributed by atoms with Crippen LogP contribution in [0.15, 0.2) is 16.6 Å². The van der Waals surface area contributed by atoms with Gasteiger partial charge in [0.1, 0.15) is 0 Å². The number of rotatable bonds is 9. The molecular weight excluding hydrogens is 332 g/mol. The Labute approximate surface area is 136 Å². The van der Waals surface area contributed by atoms with Crippen LogP contribution in [0.5, 0.6) is 11.5 Å².